The molecule has 0 aliphatic heterocycles. The van der Waals surface area contributed by atoms with Gasteiger partial charge in [-0.15, -0.1) is 0 Å². The molecule has 0 atom stereocenters. The zero-order valence-electron chi connectivity index (χ0n) is 15.1. The van der Waals surface area contributed by atoms with Crippen LogP contribution in [0.2, 0.25) is 0 Å². The highest BCUT2D eigenvalue weighted by Crippen LogP contribution is 2.31. The van der Waals surface area contributed by atoms with Gasteiger partial charge in [0.15, 0.2) is 11.6 Å². The minimum Gasteiger partial charge on any atom is -0.322 e. The minimum atomic E-state index is -4.58. The number of alkyl halides is 3. The van der Waals surface area contributed by atoms with Crippen molar-refractivity contribution >= 4 is 23.2 Å². The Morgan fingerprint density at radius 1 is 0.733 bits per heavy atom. The second-order valence-electron chi connectivity index (χ2n) is 6.13. The van der Waals surface area contributed by atoms with E-state index in [-0.39, 0.29) is 16.9 Å². The molecule has 3 aromatic carbocycles. The zero-order chi connectivity index (χ0) is 21.9. The Morgan fingerprint density at radius 2 is 1.37 bits per heavy atom. The van der Waals surface area contributed by atoms with Crippen LogP contribution in [0.25, 0.3) is 0 Å². The summed E-state index contributed by atoms with van der Waals surface area (Å²) in [4.78, 5) is 24.9. The molecule has 3 rings (SSSR count). The molecule has 0 spiro atoms. The van der Waals surface area contributed by atoms with E-state index in [1.54, 1.807) is 0 Å². The van der Waals surface area contributed by atoms with E-state index in [0.717, 1.165) is 36.4 Å². The molecule has 0 aliphatic rings. The number of hydrogen-bond acceptors (Lipinski definition) is 2. The molecule has 30 heavy (non-hydrogen) atoms. The van der Waals surface area contributed by atoms with Gasteiger partial charge < -0.3 is 10.6 Å². The summed E-state index contributed by atoms with van der Waals surface area (Å²) in [5, 5.41) is 4.63. The Hall–Kier alpha value is -3.75. The molecule has 154 valence electrons. The number of carbonyl (C=O) groups is 2. The standard InChI is InChI=1S/C21H13F5N2O2/c22-16-9-4-8-15(18(16)23)20(30)28-17-10-2-1-7-14(17)19(29)27-13-6-3-5-12(11-13)21(24,25)26/h1-11H,(H,27,29)(H,28,30). The summed E-state index contributed by atoms with van der Waals surface area (Å²) in [6.45, 7) is 0. The normalized spacial score (nSPS) is 11.1. The van der Waals surface area contributed by atoms with Crippen LogP contribution in [0.15, 0.2) is 66.7 Å². The Labute approximate surface area is 167 Å². The van der Waals surface area contributed by atoms with E-state index in [9.17, 15) is 31.5 Å². The first-order valence-corrected chi connectivity index (χ1v) is 8.50. The lowest BCUT2D eigenvalue weighted by molar-refractivity contribution is -0.137. The molecule has 0 fully saturated rings. The van der Waals surface area contributed by atoms with E-state index in [1.165, 1.54) is 30.3 Å². The van der Waals surface area contributed by atoms with Crippen LogP contribution in [0.4, 0.5) is 33.3 Å². The van der Waals surface area contributed by atoms with Gasteiger partial charge in [0.1, 0.15) is 0 Å². The van der Waals surface area contributed by atoms with Gasteiger partial charge in [-0.3, -0.25) is 9.59 Å². The first-order chi connectivity index (χ1) is 14.2. The van der Waals surface area contributed by atoms with Gasteiger partial charge in [0, 0.05) is 5.69 Å². The van der Waals surface area contributed by atoms with Crippen LogP contribution >= 0.6 is 0 Å². The van der Waals surface area contributed by atoms with Crippen LogP contribution < -0.4 is 10.6 Å². The van der Waals surface area contributed by atoms with Gasteiger partial charge in [0.05, 0.1) is 22.4 Å². The summed E-state index contributed by atoms with van der Waals surface area (Å²) in [5.74, 6) is -4.35. The maximum absolute atomic E-state index is 13.8. The Bertz CT molecular complexity index is 1110. The van der Waals surface area contributed by atoms with Crippen molar-refractivity contribution in [1.29, 1.82) is 0 Å². The third-order valence-corrected chi connectivity index (χ3v) is 4.06. The zero-order valence-corrected chi connectivity index (χ0v) is 15.1. The van der Waals surface area contributed by atoms with Gasteiger partial charge in [-0.1, -0.05) is 24.3 Å². The number of hydrogen-bond donors (Lipinski definition) is 2. The van der Waals surface area contributed by atoms with E-state index in [1.807, 2.05) is 0 Å². The summed E-state index contributed by atoms with van der Waals surface area (Å²) < 4.78 is 65.7. The summed E-state index contributed by atoms with van der Waals surface area (Å²) in [6, 6.07) is 12.7. The maximum atomic E-state index is 13.8. The number of halogens is 5. The van der Waals surface area contributed by atoms with Crippen molar-refractivity contribution in [3.63, 3.8) is 0 Å². The molecular weight excluding hydrogens is 407 g/mol. The number of amides is 2. The van der Waals surface area contributed by atoms with Crippen molar-refractivity contribution in [1.82, 2.24) is 0 Å². The second kappa shape index (κ2) is 8.32. The lowest BCUT2D eigenvalue weighted by atomic mass is 10.1. The molecule has 0 saturated carbocycles. The molecule has 0 unspecified atom stereocenters. The number of benzene rings is 3. The van der Waals surface area contributed by atoms with Gasteiger partial charge in [-0.05, 0) is 42.5 Å². The lowest BCUT2D eigenvalue weighted by Gasteiger charge is -2.13. The van der Waals surface area contributed by atoms with Gasteiger partial charge in [0.25, 0.3) is 11.8 Å². The Kier molecular flexibility index (Phi) is 5.81. The van der Waals surface area contributed by atoms with Crippen LogP contribution in [-0.2, 0) is 6.18 Å². The fourth-order valence-electron chi connectivity index (χ4n) is 2.63. The highest BCUT2D eigenvalue weighted by atomic mass is 19.4. The first kappa shape index (κ1) is 21.0. The second-order valence-corrected chi connectivity index (χ2v) is 6.13. The monoisotopic (exact) mass is 420 g/mol. The molecule has 2 N–H and O–H groups in total. The van der Waals surface area contributed by atoms with Crippen molar-refractivity contribution in [3.8, 4) is 0 Å². The topological polar surface area (TPSA) is 58.2 Å². The number of carbonyl (C=O) groups excluding carboxylic acids is 2. The molecule has 0 heterocycles. The average molecular weight is 420 g/mol. The molecule has 0 radical (unpaired) electrons. The predicted molar refractivity (Wildman–Crippen MR) is 100 cm³/mol. The molecule has 0 aromatic heterocycles. The van der Waals surface area contributed by atoms with E-state index in [4.69, 9.17) is 0 Å². The first-order valence-electron chi connectivity index (χ1n) is 8.50. The SMILES string of the molecule is O=C(Nc1cccc(C(F)(F)F)c1)c1ccccc1NC(=O)c1cccc(F)c1F. The van der Waals surface area contributed by atoms with Gasteiger partial charge in [0.2, 0.25) is 0 Å². The molecule has 4 nitrogen and oxygen atoms in total. The number of anilines is 2. The van der Waals surface area contributed by atoms with Gasteiger partial charge in [-0.25, -0.2) is 8.78 Å². The molecule has 9 heteroatoms. The van der Waals surface area contributed by atoms with Crippen LogP contribution in [-0.4, -0.2) is 11.8 Å². The summed E-state index contributed by atoms with van der Waals surface area (Å²) in [7, 11) is 0. The third kappa shape index (κ3) is 4.62. The number of nitrogens with one attached hydrogen (secondary N) is 2. The highest BCUT2D eigenvalue weighted by molar-refractivity contribution is 6.12. The van der Waals surface area contributed by atoms with Crippen molar-refractivity contribution in [2.45, 2.75) is 6.18 Å². The molecule has 3 aromatic rings. The Balaban J connectivity index is 1.84. The quantitative estimate of drug-likeness (QED) is 0.549. The van der Waals surface area contributed by atoms with Crippen molar-refractivity contribution in [2.24, 2.45) is 0 Å². The molecule has 2 amide bonds. The molecular formula is C21H13F5N2O2. The van der Waals surface area contributed by atoms with E-state index in [2.05, 4.69) is 10.6 Å². The maximum Gasteiger partial charge on any atom is 0.416 e. The van der Waals surface area contributed by atoms with Crippen LogP contribution in [0, 0.1) is 11.6 Å². The van der Waals surface area contributed by atoms with Crippen LogP contribution in [0.1, 0.15) is 26.3 Å². The summed E-state index contributed by atoms with van der Waals surface area (Å²) in [5.41, 5.74) is -1.73. The molecule has 0 aliphatic carbocycles. The largest absolute Gasteiger partial charge is 0.416 e. The molecule has 0 bridgehead atoms. The number of rotatable bonds is 4. The van der Waals surface area contributed by atoms with Crippen LogP contribution in [0.3, 0.4) is 0 Å². The van der Waals surface area contributed by atoms with E-state index in [0.29, 0.717) is 0 Å². The lowest BCUT2D eigenvalue weighted by Crippen LogP contribution is -2.19. The van der Waals surface area contributed by atoms with E-state index >= 15 is 0 Å². The van der Waals surface area contributed by atoms with Gasteiger partial charge >= 0.3 is 6.18 Å². The summed E-state index contributed by atoms with van der Waals surface area (Å²) in [6.07, 6.45) is -4.58. The fourth-order valence-corrected chi connectivity index (χ4v) is 2.63. The van der Waals surface area contributed by atoms with E-state index < -0.39 is 40.8 Å². The third-order valence-electron chi connectivity index (χ3n) is 4.06. The highest BCUT2D eigenvalue weighted by Gasteiger charge is 2.30. The smallest absolute Gasteiger partial charge is 0.322 e. The van der Waals surface area contributed by atoms with Crippen molar-refractivity contribution < 1.29 is 31.5 Å². The van der Waals surface area contributed by atoms with Crippen molar-refractivity contribution in [3.05, 3.63) is 95.1 Å². The minimum absolute atomic E-state index is 0.0318. The Morgan fingerprint density at radius 3 is 2.10 bits per heavy atom. The van der Waals surface area contributed by atoms with Crippen LogP contribution in [0.5, 0.6) is 0 Å². The summed E-state index contributed by atoms with van der Waals surface area (Å²) >= 11 is 0. The average Bonchev–Trinajstić information content (AvgIpc) is 2.70. The molecule has 0 saturated heterocycles. The van der Waals surface area contributed by atoms with Gasteiger partial charge in [-0.2, -0.15) is 13.2 Å². The predicted octanol–water partition coefficient (Wildman–Crippen LogP) is 5.49. The van der Waals surface area contributed by atoms with Crippen molar-refractivity contribution in [2.75, 3.05) is 10.6 Å². The number of para-hydroxylation sites is 1. The fraction of sp³-hybridized carbons (Fsp3) is 0.0476.